The quantitative estimate of drug-likeness (QED) is 0.638. The van der Waals surface area contributed by atoms with Crippen molar-refractivity contribution in [2.45, 2.75) is 18.2 Å². The number of hydrogen-bond donors (Lipinski definition) is 0. The van der Waals surface area contributed by atoms with Gasteiger partial charge in [0.15, 0.2) is 0 Å². The minimum absolute atomic E-state index is 0.130. The molecule has 29 heavy (non-hydrogen) atoms. The minimum atomic E-state index is -3.51. The summed E-state index contributed by atoms with van der Waals surface area (Å²) in [6, 6.07) is 12.2. The van der Waals surface area contributed by atoms with E-state index in [0.717, 1.165) is 38.2 Å². The summed E-state index contributed by atoms with van der Waals surface area (Å²) in [5.74, 6) is -0.130. The molecule has 0 saturated carbocycles. The van der Waals surface area contributed by atoms with Gasteiger partial charge in [-0.2, -0.15) is 0 Å². The van der Waals surface area contributed by atoms with E-state index >= 15 is 0 Å². The summed E-state index contributed by atoms with van der Waals surface area (Å²) in [5, 5.41) is 3.06. The number of thiazole rings is 1. The fourth-order valence-corrected chi connectivity index (χ4v) is 4.93. The van der Waals surface area contributed by atoms with E-state index in [4.69, 9.17) is 0 Å². The molecule has 1 aliphatic rings. The summed E-state index contributed by atoms with van der Waals surface area (Å²) in [7, 11) is -0.547. The van der Waals surface area contributed by atoms with Crippen molar-refractivity contribution in [1.82, 2.24) is 9.29 Å². The van der Waals surface area contributed by atoms with Crippen molar-refractivity contribution in [1.29, 1.82) is 0 Å². The van der Waals surface area contributed by atoms with Crippen LogP contribution in [0.4, 0.5) is 5.69 Å². The smallest absolute Gasteiger partial charge is 0.258 e. The van der Waals surface area contributed by atoms with Gasteiger partial charge in [0.2, 0.25) is 10.0 Å². The van der Waals surface area contributed by atoms with Gasteiger partial charge in [-0.25, -0.2) is 17.7 Å². The third-order valence-corrected chi connectivity index (χ3v) is 7.62. The largest absolute Gasteiger partial charge is 0.308 e. The van der Waals surface area contributed by atoms with Crippen LogP contribution in [0.5, 0.6) is 0 Å². The average molecular weight is 428 g/mol. The van der Waals surface area contributed by atoms with E-state index in [9.17, 15) is 13.2 Å². The van der Waals surface area contributed by atoms with Crippen molar-refractivity contribution in [2.75, 3.05) is 25.5 Å². The maximum Gasteiger partial charge on any atom is 0.258 e. The molecular formula is C21H21N3O3S2. The summed E-state index contributed by atoms with van der Waals surface area (Å²) in [6.45, 7) is 2.59. The van der Waals surface area contributed by atoms with E-state index < -0.39 is 10.0 Å². The molecule has 0 aliphatic carbocycles. The Hall–Kier alpha value is -2.55. The van der Waals surface area contributed by atoms with Crippen molar-refractivity contribution < 1.29 is 13.2 Å². The van der Waals surface area contributed by atoms with Crippen molar-refractivity contribution in [3.8, 4) is 11.3 Å². The number of sulfonamides is 1. The Morgan fingerprint density at radius 3 is 2.48 bits per heavy atom. The molecule has 0 radical (unpaired) electrons. The van der Waals surface area contributed by atoms with Gasteiger partial charge in [-0.15, -0.1) is 11.3 Å². The Bertz CT molecular complexity index is 1180. The van der Waals surface area contributed by atoms with Crippen LogP contribution in [0.3, 0.4) is 0 Å². The zero-order valence-corrected chi connectivity index (χ0v) is 18.0. The maximum absolute atomic E-state index is 13.0. The van der Waals surface area contributed by atoms with Gasteiger partial charge >= 0.3 is 0 Å². The molecule has 8 heteroatoms. The lowest BCUT2D eigenvalue weighted by molar-refractivity contribution is 0.0989. The van der Waals surface area contributed by atoms with E-state index in [1.54, 1.807) is 28.4 Å². The summed E-state index contributed by atoms with van der Waals surface area (Å²) in [5.41, 5.74) is 4.50. The molecule has 2 aromatic carbocycles. The molecule has 0 atom stereocenters. The zero-order chi connectivity index (χ0) is 20.8. The second-order valence-electron chi connectivity index (χ2n) is 7.11. The first-order chi connectivity index (χ1) is 13.8. The second kappa shape index (κ2) is 7.37. The lowest BCUT2D eigenvalue weighted by Crippen LogP contribution is -2.29. The molecule has 0 saturated heterocycles. The number of nitrogens with zero attached hydrogens (tertiary/aromatic N) is 3. The van der Waals surface area contributed by atoms with Gasteiger partial charge in [-0.05, 0) is 55.3 Å². The molecule has 0 N–H and O–H groups in total. The summed E-state index contributed by atoms with van der Waals surface area (Å²) in [4.78, 5) is 19.5. The number of amides is 1. The Labute approximate surface area is 174 Å². The Kier molecular flexibility index (Phi) is 5.02. The van der Waals surface area contributed by atoms with Crippen LogP contribution in [0.2, 0.25) is 0 Å². The summed E-state index contributed by atoms with van der Waals surface area (Å²) in [6.07, 6.45) is 0.783. The highest BCUT2D eigenvalue weighted by atomic mass is 32.2. The number of rotatable bonds is 4. The highest BCUT2D eigenvalue weighted by Gasteiger charge is 2.26. The Balaban J connectivity index is 1.59. The molecule has 0 fully saturated rings. The van der Waals surface area contributed by atoms with Gasteiger partial charge in [0.05, 0.1) is 15.6 Å². The average Bonchev–Trinajstić information content (AvgIpc) is 3.33. The number of aromatic nitrogens is 1. The highest BCUT2D eigenvalue weighted by molar-refractivity contribution is 7.89. The lowest BCUT2D eigenvalue weighted by Gasteiger charge is -2.18. The van der Waals surface area contributed by atoms with Crippen molar-refractivity contribution in [3.63, 3.8) is 0 Å². The van der Waals surface area contributed by atoms with Crippen LogP contribution >= 0.6 is 11.3 Å². The molecule has 0 spiro atoms. The molecule has 1 amide bonds. The molecule has 1 aliphatic heterocycles. The normalized spacial score (nSPS) is 13.7. The van der Waals surface area contributed by atoms with E-state index in [2.05, 4.69) is 11.1 Å². The highest BCUT2D eigenvalue weighted by Crippen LogP contribution is 2.33. The lowest BCUT2D eigenvalue weighted by atomic mass is 10.1. The van der Waals surface area contributed by atoms with E-state index in [0.29, 0.717) is 12.1 Å². The van der Waals surface area contributed by atoms with Crippen LogP contribution < -0.4 is 4.90 Å². The Morgan fingerprint density at radius 2 is 1.86 bits per heavy atom. The van der Waals surface area contributed by atoms with E-state index in [1.165, 1.54) is 26.2 Å². The van der Waals surface area contributed by atoms with Crippen LogP contribution in [0.25, 0.3) is 11.3 Å². The first-order valence-corrected chi connectivity index (χ1v) is 11.5. The maximum atomic E-state index is 13.0. The molecule has 2 heterocycles. The fraction of sp³-hybridized carbons (Fsp3) is 0.238. The Morgan fingerprint density at radius 1 is 1.14 bits per heavy atom. The standard InChI is InChI=1S/C21H21N3O3S2/c1-14-22-19(13-28-14)16-6-9-20-17(12-16)10-11-24(20)21(25)15-4-7-18(8-5-15)29(26,27)23(2)3/h4-9,12-13H,10-11H2,1-3H3. The number of fused-ring (bicyclic) bond motifs is 1. The van der Waals surface area contributed by atoms with Crippen LogP contribution in [-0.4, -0.2) is 44.3 Å². The molecular weight excluding hydrogens is 406 g/mol. The minimum Gasteiger partial charge on any atom is -0.308 e. The van der Waals surface area contributed by atoms with Gasteiger partial charge < -0.3 is 4.90 Å². The molecule has 0 unspecified atom stereocenters. The van der Waals surface area contributed by atoms with Crippen LogP contribution in [0.1, 0.15) is 20.9 Å². The first kappa shape index (κ1) is 19.8. The number of benzene rings is 2. The molecule has 0 bridgehead atoms. The van der Waals surface area contributed by atoms with Crippen LogP contribution in [-0.2, 0) is 16.4 Å². The van der Waals surface area contributed by atoms with Crippen molar-refractivity contribution >= 4 is 33.0 Å². The SMILES string of the molecule is Cc1nc(-c2ccc3c(c2)CCN3C(=O)c2ccc(S(=O)(=O)N(C)C)cc2)cs1. The van der Waals surface area contributed by atoms with E-state index in [-0.39, 0.29) is 10.8 Å². The number of carbonyl (C=O) groups excluding carboxylic acids is 1. The van der Waals surface area contributed by atoms with Crippen LogP contribution in [0, 0.1) is 6.92 Å². The molecule has 6 nitrogen and oxygen atoms in total. The third kappa shape index (κ3) is 3.59. The zero-order valence-electron chi connectivity index (χ0n) is 16.4. The van der Waals surface area contributed by atoms with Gasteiger partial charge in [0.25, 0.3) is 5.91 Å². The monoisotopic (exact) mass is 427 g/mol. The molecule has 4 rings (SSSR count). The van der Waals surface area contributed by atoms with Gasteiger partial charge in [0, 0.05) is 42.8 Å². The number of anilines is 1. The first-order valence-electron chi connectivity index (χ1n) is 9.17. The fourth-order valence-electron chi connectivity index (χ4n) is 3.40. The van der Waals surface area contributed by atoms with E-state index in [1.807, 2.05) is 24.4 Å². The summed E-state index contributed by atoms with van der Waals surface area (Å²) < 4.78 is 25.6. The number of aryl methyl sites for hydroxylation is 1. The third-order valence-electron chi connectivity index (χ3n) is 5.01. The second-order valence-corrected chi connectivity index (χ2v) is 10.3. The van der Waals surface area contributed by atoms with Crippen molar-refractivity contribution in [3.05, 3.63) is 64.0 Å². The summed E-state index contributed by atoms with van der Waals surface area (Å²) >= 11 is 1.62. The predicted molar refractivity (Wildman–Crippen MR) is 115 cm³/mol. The molecule has 3 aromatic rings. The number of hydrogen-bond acceptors (Lipinski definition) is 5. The van der Waals surface area contributed by atoms with Crippen LogP contribution in [0.15, 0.2) is 52.7 Å². The predicted octanol–water partition coefficient (Wildman–Crippen LogP) is 3.57. The molecule has 150 valence electrons. The van der Waals surface area contributed by atoms with Crippen molar-refractivity contribution in [2.24, 2.45) is 0 Å². The molecule has 1 aromatic heterocycles. The topological polar surface area (TPSA) is 70.6 Å². The van der Waals surface area contributed by atoms with Gasteiger partial charge in [-0.1, -0.05) is 6.07 Å². The van der Waals surface area contributed by atoms with Gasteiger partial charge in [0.1, 0.15) is 0 Å². The van der Waals surface area contributed by atoms with Gasteiger partial charge in [-0.3, -0.25) is 4.79 Å². The number of carbonyl (C=O) groups is 1.